The van der Waals surface area contributed by atoms with Gasteiger partial charge in [0.2, 0.25) is 35.4 Å². The van der Waals surface area contributed by atoms with Crippen molar-refractivity contribution in [1.82, 2.24) is 35.6 Å². The fourth-order valence-electron chi connectivity index (χ4n) is 13.5. The lowest BCUT2D eigenvalue weighted by Gasteiger charge is -2.41. The fourth-order valence-corrected chi connectivity index (χ4v) is 13.5. The molecule has 2 aliphatic heterocycles. The van der Waals surface area contributed by atoms with Crippen molar-refractivity contribution in [3.05, 3.63) is 71.3 Å². The number of aliphatic hydroxyl groups excluding tert-OH is 2. The highest BCUT2D eigenvalue weighted by Crippen LogP contribution is 2.36. The summed E-state index contributed by atoms with van der Waals surface area (Å²) >= 11 is 0. The number of ketones is 3. The first-order valence-electron chi connectivity index (χ1n) is 35.2. The van der Waals surface area contributed by atoms with E-state index in [9.17, 15) is 63.0 Å². The number of urea groups is 1. The SMILES string of the molecule is CC[C@H](C)C([C@@H](CC(=O)N1CCCC1[C@H](OC)[C@H](O)C(=O)C[C@H](C)[C@@H](O)c1ccccc1)OC)N(C)C(=O)C(NC(=O)C(C(C)C)N(C)C(=O)OCc1ccc(CC(=O)[C@H](CCCNC(N)=O)NC(=O)C(CC(=O)CCCCCN2C(=O)CC(C(C)(C)C)C2=O)C(C)C)cc1)C(C)C. The number of nitrogens with two attached hydrogens (primary N) is 1. The number of Topliss-reactive ketones (excluding diaryl/α,β-unsaturated/α-hetero) is 3. The molecule has 24 nitrogen and oxygen atoms in total. The van der Waals surface area contributed by atoms with Crippen LogP contribution < -0.4 is 21.7 Å². The molecule has 9 amide bonds. The van der Waals surface area contributed by atoms with Crippen molar-refractivity contribution in [2.75, 3.05) is 47.9 Å². The zero-order chi connectivity index (χ0) is 73.5. The predicted octanol–water partition coefficient (Wildman–Crippen LogP) is 7.65. The number of hydrogen-bond donors (Lipinski definition) is 6. The summed E-state index contributed by atoms with van der Waals surface area (Å²) in [7, 11) is 5.91. The second kappa shape index (κ2) is 39.6. The topological polar surface area (TPSA) is 331 Å². The number of benzene rings is 2. The van der Waals surface area contributed by atoms with E-state index in [-0.39, 0.29) is 111 Å². The first kappa shape index (κ1) is 83.3. The van der Waals surface area contributed by atoms with Gasteiger partial charge in [0, 0.05) is 86.0 Å². The average molecular weight is 1370 g/mol. The van der Waals surface area contributed by atoms with Crippen molar-refractivity contribution < 1.29 is 77.2 Å². The van der Waals surface area contributed by atoms with E-state index < -0.39 is 114 Å². The summed E-state index contributed by atoms with van der Waals surface area (Å²) in [5, 5.41) is 30.7. The maximum absolute atomic E-state index is 14.8. The van der Waals surface area contributed by atoms with E-state index in [1.807, 2.05) is 54.5 Å². The van der Waals surface area contributed by atoms with Crippen molar-refractivity contribution in [1.29, 1.82) is 0 Å². The van der Waals surface area contributed by atoms with Gasteiger partial charge in [0.05, 0.1) is 42.7 Å². The molecular formula is C74H116N8O16. The zero-order valence-corrected chi connectivity index (χ0v) is 61.1. The maximum Gasteiger partial charge on any atom is 0.410 e. The molecule has 0 aromatic heterocycles. The molecule has 2 aromatic carbocycles. The van der Waals surface area contributed by atoms with Crippen LogP contribution in [0.4, 0.5) is 9.59 Å². The highest BCUT2D eigenvalue weighted by atomic mass is 16.6. The molecular weight excluding hydrogens is 1260 g/mol. The molecule has 2 aromatic rings. The lowest BCUT2D eigenvalue weighted by molar-refractivity contribution is -0.150. The summed E-state index contributed by atoms with van der Waals surface area (Å²) in [6.45, 7) is 22.9. The minimum Gasteiger partial charge on any atom is -0.445 e. The third kappa shape index (κ3) is 24.1. The lowest BCUT2D eigenvalue weighted by Crippen LogP contribution is -2.60. The van der Waals surface area contributed by atoms with Gasteiger partial charge in [-0.1, -0.05) is 151 Å². The summed E-state index contributed by atoms with van der Waals surface area (Å²) in [5.74, 6) is -6.02. The summed E-state index contributed by atoms with van der Waals surface area (Å²) in [4.78, 5) is 155. The van der Waals surface area contributed by atoms with Gasteiger partial charge in [0.15, 0.2) is 11.6 Å². The van der Waals surface area contributed by atoms with Crippen molar-refractivity contribution in [2.45, 2.75) is 234 Å². The number of carbonyl (C=O) groups is 11. The van der Waals surface area contributed by atoms with Crippen molar-refractivity contribution in [2.24, 2.45) is 52.6 Å². The molecule has 2 aliphatic rings. The molecule has 0 aliphatic carbocycles. The molecule has 24 heteroatoms. The lowest BCUT2D eigenvalue weighted by atomic mass is 9.80. The van der Waals surface area contributed by atoms with Crippen LogP contribution in [0.15, 0.2) is 54.6 Å². The van der Waals surface area contributed by atoms with E-state index in [2.05, 4.69) is 16.0 Å². The molecule has 6 unspecified atom stereocenters. The number of likely N-dealkylation sites (N-methyl/N-ethyl adjacent to an activating group) is 2. The molecule has 13 atom stereocenters. The van der Waals surface area contributed by atoms with Crippen LogP contribution in [0, 0.1) is 46.8 Å². The Hall–Kier alpha value is -7.15. The number of hydrogen-bond acceptors (Lipinski definition) is 16. The second-order valence-electron chi connectivity index (χ2n) is 29.2. The van der Waals surface area contributed by atoms with E-state index in [1.165, 1.54) is 36.0 Å². The van der Waals surface area contributed by atoms with E-state index in [4.69, 9.17) is 19.9 Å². The fraction of sp³-hybridized carbons (Fsp3) is 0.689. The minimum atomic E-state index is -1.57. The number of nitrogens with one attached hydrogen (secondary N) is 3. The Labute approximate surface area is 581 Å². The number of unbranched alkanes of at least 4 members (excludes halogenated alkanes) is 2. The van der Waals surface area contributed by atoms with Crippen LogP contribution in [-0.2, 0) is 70.4 Å². The van der Waals surface area contributed by atoms with Crippen molar-refractivity contribution in [3.63, 3.8) is 0 Å². The number of primary amides is 1. The number of carbonyl (C=O) groups excluding carboxylic acids is 11. The Morgan fingerprint density at radius 3 is 1.94 bits per heavy atom. The second-order valence-corrected chi connectivity index (χ2v) is 29.2. The van der Waals surface area contributed by atoms with Crippen LogP contribution in [0.2, 0.25) is 0 Å². The van der Waals surface area contributed by atoms with Crippen LogP contribution in [0.25, 0.3) is 0 Å². The number of methoxy groups -OCH3 is 2. The van der Waals surface area contributed by atoms with Gasteiger partial charge in [-0.2, -0.15) is 0 Å². The van der Waals surface area contributed by atoms with Crippen LogP contribution in [-0.4, -0.2) is 191 Å². The smallest absolute Gasteiger partial charge is 0.410 e. The van der Waals surface area contributed by atoms with Gasteiger partial charge < -0.3 is 55.9 Å². The van der Waals surface area contributed by atoms with Crippen LogP contribution in [0.1, 0.15) is 189 Å². The Balaban J connectivity index is 1.37. The monoisotopic (exact) mass is 1370 g/mol. The normalized spacial score (nSPS) is 18.4. The summed E-state index contributed by atoms with van der Waals surface area (Å²) in [6, 6.07) is 10.6. The first-order chi connectivity index (χ1) is 46.1. The van der Waals surface area contributed by atoms with E-state index in [0.29, 0.717) is 74.7 Å². The summed E-state index contributed by atoms with van der Waals surface area (Å²) in [6.07, 6.45) is -1.36. The largest absolute Gasteiger partial charge is 0.445 e. The van der Waals surface area contributed by atoms with Crippen LogP contribution >= 0.6 is 0 Å². The number of rotatable bonds is 41. The molecule has 7 N–H and O–H groups in total. The molecule has 2 fully saturated rings. The Bertz CT molecular complexity index is 2970. The number of ether oxygens (including phenoxy) is 3. The predicted molar refractivity (Wildman–Crippen MR) is 371 cm³/mol. The van der Waals surface area contributed by atoms with Gasteiger partial charge in [-0.3, -0.25) is 53.0 Å². The number of amides is 9. The van der Waals surface area contributed by atoms with Gasteiger partial charge in [-0.15, -0.1) is 0 Å². The highest BCUT2D eigenvalue weighted by Gasteiger charge is 2.46. The number of nitrogens with zero attached hydrogens (tertiary/aromatic N) is 4. The highest BCUT2D eigenvalue weighted by molar-refractivity contribution is 6.04. The number of imide groups is 1. The average Bonchev–Trinajstić information content (AvgIpc) is 1.49. The number of aliphatic hydroxyl groups is 2. The van der Waals surface area contributed by atoms with E-state index >= 15 is 0 Å². The van der Waals surface area contributed by atoms with E-state index in [0.717, 1.165) is 0 Å². The minimum absolute atomic E-state index is 0.0388. The van der Waals surface area contributed by atoms with E-state index in [1.54, 1.807) is 95.1 Å². The number of likely N-dealkylation sites (tertiary alicyclic amines) is 2. The Morgan fingerprint density at radius 1 is 0.735 bits per heavy atom. The maximum atomic E-state index is 14.8. The Kier molecular flexibility index (Phi) is 33.6. The Morgan fingerprint density at radius 2 is 1.38 bits per heavy atom. The first-order valence-corrected chi connectivity index (χ1v) is 35.2. The molecule has 2 saturated heterocycles. The molecule has 0 saturated carbocycles. The van der Waals surface area contributed by atoms with Crippen molar-refractivity contribution in [3.8, 4) is 0 Å². The van der Waals surface area contributed by atoms with Gasteiger partial charge in [-0.05, 0) is 90.2 Å². The summed E-state index contributed by atoms with van der Waals surface area (Å²) < 4.78 is 17.5. The molecule has 4 rings (SSSR count). The van der Waals surface area contributed by atoms with Gasteiger partial charge in [0.1, 0.15) is 36.7 Å². The van der Waals surface area contributed by atoms with Crippen LogP contribution in [0.5, 0.6) is 0 Å². The van der Waals surface area contributed by atoms with Gasteiger partial charge in [-0.25, -0.2) is 9.59 Å². The van der Waals surface area contributed by atoms with Crippen molar-refractivity contribution >= 4 is 64.9 Å². The van der Waals surface area contributed by atoms with Gasteiger partial charge in [0.25, 0.3) is 0 Å². The van der Waals surface area contributed by atoms with Crippen LogP contribution in [0.3, 0.4) is 0 Å². The molecule has 0 radical (unpaired) electrons. The summed E-state index contributed by atoms with van der Waals surface area (Å²) in [5.41, 5.74) is 6.78. The standard InChI is InChI=1S/C74H116N8O16/c1-17-47(8)64(59(96-15)42-61(87)81-37-25-30-56(81)67(97-16)66(89)58(85)38-48(9)65(88)51-26-20-18-21-27-51)79(13)71(93)62(45(4)5)78-69(91)63(46(6)7)80(14)73(95)98-43-50-33-31-49(32-34-50)39-57(84)55(29-24-35-76-72(75)94)77-68(90)53(44(2)3)40-52(83)28-22-19-23-36-82-60(86)41-54(70(82)92)74(10,11)12/h18,20-21,26-27,31-34,44-48,53-56,59,62-67,88-89H,17,19,22-25,28-30,35-43H2,1-16H3,(H,77,90)(H,78,91)(H3,75,76,94)/t47-,48-,53?,54?,55-,56?,59+,62?,63?,64?,65+,66+,67-/m0/s1. The van der Waals surface area contributed by atoms with Gasteiger partial charge >= 0.3 is 12.1 Å². The molecule has 98 heavy (non-hydrogen) atoms. The molecule has 2 heterocycles. The zero-order valence-electron chi connectivity index (χ0n) is 61.1. The molecule has 0 spiro atoms. The third-order valence-corrected chi connectivity index (χ3v) is 19.7. The molecule has 0 bridgehead atoms. The molecule has 548 valence electrons. The third-order valence-electron chi connectivity index (χ3n) is 19.7. The quantitative estimate of drug-likeness (QED) is 0.0275.